The predicted molar refractivity (Wildman–Crippen MR) is 97.6 cm³/mol. The summed E-state index contributed by atoms with van der Waals surface area (Å²) in [5, 5.41) is 9.52. The van der Waals surface area contributed by atoms with Gasteiger partial charge in [0.25, 0.3) is 0 Å². The first-order valence-corrected chi connectivity index (χ1v) is 9.18. The van der Waals surface area contributed by atoms with Crippen molar-refractivity contribution >= 4 is 11.9 Å². The van der Waals surface area contributed by atoms with E-state index in [-0.39, 0.29) is 11.8 Å². The van der Waals surface area contributed by atoms with Crippen molar-refractivity contribution < 1.29 is 4.79 Å². The molecule has 23 heavy (non-hydrogen) atoms. The summed E-state index contributed by atoms with van der Waals surface area (Å²) in [6.45, 7) is 13.5. The van der Waals surface area contributed by atoms with Gasteiger partial charge in [-0.15, -0.1) is 0 Å². The Kier molecular flexibility index (Phi) is 8.42. The maximum Gasteiger partial charge on any atom is 0.222 e. The number of guanidine groups is 1. The molecule has 0 aliphatic heterocycles. The van der Waals surface area contributed by atoms with Gasteiger partial charge in [0, 0.05) is 32.1 Å². The molecule has 3 N–H and O–H groups in total. The predicted octanol–water partition coefficient (Wildman–Crippen LogP) is 2.53. The molecule has 1 aliphatic rings. The van der Waals surface area contributed by atoms with Gasteiger partial charge in [-0.1, -0.05) is 34.1 Å². The Labute approximate surface area is 142 Å². The molecule has 1 aliphatic carbocycles. The quantitative estimate of drug-likeness (QED) is 0.347. The molecule has 0 aromatic rings. The molecular formula is C18H36N4O. The summed E-state index contributed by atoms with van der Waals surface area (Å²) < 4.78 is 0. The van der Waals surface area contributed by atoms with Gasteiger partial charge in [-0.25, -0.2) is 0 Å². The molecule has 0 aromatic heterocycles. The zero-order valence-corrected chi connectivity index (χ0v) is 15.7. The second-order valence-corrected chi connectivity index (χ2v) is 7.52. The highest BCUT2D eigenvalue weighted by Gasteiger charge is 2.37. The van der Waals surface area contributed by atoms with E-state index in [0.717, 1.165) is 25.0 Å². The van der Waals surface area contributed by atoms with E-state index in [0.29, 0.717) is 18.5 Å². The second kappa shape index (κ2) is 9.78. The molecule has 5 nitrogen and oxygen atoms in total. The molecule has 0 bridgehead atoms. The zero-order valence-electron chi connectivity index (χ0n) is 15.7. The smallest absolute Gasteiger partial charge is 0.222 e. The number of rotatable bonds is 9. The maximum absolute atomic E-state index is 11.5. The molecule has 0 atom stereocenters. The summed E-state index contributed by atoms with van der Waals surface area (Å²) in [5.74, 6) is 1.72. The highest BCUT2D eigenvalue weighted by atomic mass is 16.1. The molecule has 1 saturated carbocycles. The van der Waals surface area contributed by atoms with E-state index < -0.39 is 0 Å². The number of aliphatic imine (C=N–C) groups is 1. The Morgan fingerprint density at radius 2 is 1.74 bits per heavy atom. The van der Waals surface area contributed by atoms with Gasteiger partial charge in [-0.05, 0) is 37.5 Å². The lowest BCUT2D eigenvalue weighted by Crippen LogP contribution is -2.43. The summed E-state index contributed by atoms with van der Waals surface area (Å²) in [6.07, 6.45) is 5.21. The van der Waals surface area contributed by atoms with Crippen LogP contribution in [0.5, 0.6) is 0 Å². The van der Waals surface area contributed by atoms with Gasteiger partial charge in [0.1, 0.15) is 0 Å². The van der Waals surface area contributed by atoms with Gasteiger partial charge in [-0.3, -0.25) is 9.79 Å². The molecule has 5 heteroatoms. The van der Waals surface area contributed by atoms with Crippen molar-refractivity contribution in [3.05, 3.63) is 0 Å². The minimum atomic E-state index is 0.0337. The van der Waals surface area contributed by atoms with E-state index in [9.17, 15) is 4.79 Å². The van der Waals surface area contributed by atoms with E-state index in [4.69, 9.17) is 4.99 Å². The number of nitrogens with zero attached hydrogens (tertiary/aromatic N) is 1. The fourth-order valence-electron chi connectivity index (χ4n) is 3.13. The number of hydrogen-bond acceptors (Lipinski definition) is 2. The van der Waals surface area contributed by atoms with E-state index in [2.05, 4.69) is 36.7 Å². The van der Waals surface area contributed by atoms with Crippen molar-refractivity contribution in [3.63, 3.8) is 0 Å². The fourth-order valence-corrected chi connectivity index (χ4v) is 3.13. The van der Waals surface area contributed by atoms with Crippen LogP contribution in [0.25, 0.3) is 0 Å². The standard InChI is InChI=1S/C18H36N4O/c1-6-19-17(21-11-10-20-16(23)15(4)5)22-13-18(8-7-9-18)12-14(2)3/h14-15H,6-13H2,1-5H3,(H,20,23)(H2,19,21,22). The van der Waals surface area contributed by atoms with Gasteiger partial charge in [-0.2, -0.15) is 0 Å². The van der Waals surface area contributed by atoms with Gasteiger partial charge >= 0.3 is 0 Å². The molecular weight excluding hydrogens is 288 g/mol. The van der Waals surface area contributed by atoms with Crippen molar-refractivity contribution in [2.75, 3.05) is 26.2 Å². The summed E-state index contributed by atoms with van der Waals surface area (Å²) >= 11 is 0. The van der Waals surface area contributed by atoms with Crippen LogP contribution in [-0.4, -0.2) is 38.0 Å². The monoisotopic (exact) mass is 324 g/mol. The van der Waals surface area contributed by atoms with Crippen molar-refractivity contribution in [2.24, 2.45) is 22.2 Å². The fraction of sp³-hybridized carbons (Fsp3) is 0.889. The lowest BCUT2D eigenvalue weighted by molar-refractivity contribution is -0.123. The molecule has 0 spiro atoms. The molecule has 1 amide bonds. The van der Waals surface area contributed by atoms with Crippen molar-refractivity contribution in [3.8, 4) is 0 Å². The summed E-state index contributed by atoms with van der Waals surface area (Å²) in [4.78, 5) is 16.3. The van der Waals surface area contributed by atoms with Gasteiger partial charge < -0.3 is 16.0 Å². The Hall–Kier alpha value is -1.26. The summed E-state index contributed by atoms with van der Waals surface area (Å²) in [7, 11) is 0. The average molecular weight is 325 g/mol. The minimum Gasteiger partial charge on any atom is -0.357 e. The van der Waals surface area contributed by atoms with E-state index in [1.54, 1.807) is 0 Å². The number of nitrogens with one attached hydrogen (secondary N) is 3. The van der Waals surface area contributed by atoms with Gasteiger partial charge in [0.2, 0.25) is 5.91 Å². The van der Waals surface area contributed by atoms with Crippen LogP contribution < -0.4 is 16.0 Å². The molecule has 1 fully saturated rings. The summed E-state index contributed by atoms with van der Waals surface area (Å²) in [6, 6.07) is 0. The zero-order chi connectivity index (χ0) is 17.3. The molecule has 0 heterocycles. The number of amides is 1. The third-order valence-electron chi connectivity index (χ3n) is 4.41. The van der Waals surface area contributed by atoms with Gasteiger partial charge in [0.15, 0.2) is 5.96 Å². The van der Waals surface area contributed by atoms with Crippen molar-refractivity contribution in [1.82, 2.24) is 16.0 Å². The maximum atomic E-state index is 11.5. The third-order valence-corrected chi connectivity index (χ3v) is 4.41. The lowest BCUT2D eigenvalue weighted by Gasteiger charge is -2.42. The van der Waals surface area contributed by atoms with Crippen molar-refractivity contribution in [2.45, 2.75) is 60.3 Å². The van der Waals surface area contributed by atoms with Crippen LogP contribution in [0, 0.1) is 17.3 Å². The van der Waals surface area contributed by atoms with Crippen LogP contribution >= 0.6 is 0 Å². The molecule has 0 aromatic carbocycles. The second-order valence-electron chi connectivity index (χ2n) is 7.52. The van der Waals surface area contributed by atoms with Crippen LogP contribution in [0.15, 0.2) is 4.99 Å². The van der Waals surface area contributed by atoms with Crippen molar-refractivity contribution in [1.29, 1.82) is 0 Å². The largest absolute Gasteiger partial charge is 0.357 e. The molecule has 0 saturated heterocycles. The Balaban J connectivity index is 2.42. The number of hydrogen-bond donors (Lipinski definition) is 3. The number of carbonyl (C=O) groups excluding carboxylic acids is 1. The normalized spacial score (nSPS) is 17.1. The topological polar surface area (TPSA) is 65.5 Å². The van der Waals surface area contributed by atoms with Crippen LogP contribution in [0.4, 0.5) is 0 Å². The molecule has 134 valence electrons. The lowest BCUT2D eigenvalue weighted by atomic mass is 9.64. The average Bonchev–Trinajstić information content (AvgIpc) is 2.44. The van der Waals surface area contributed by atoms with E-state index in [1.807, 2.05) is 13.8 Å². The minimum absolute atomic E-state index is 0.0337. The SMILES string of the molecule is CCNC(=NCC1(CC(C)C)CCC1)NCCNC(=O)C(C)C. The highest BCUT2D eigenvalue weighted by molar-refractivity contribution is 5.80. The van der Waals surface area contributed by atoms with Gasteiger partial charge in [0.05, 0.1) is 0 Å². The Morgan fingerprint density at radius 3 is 2.22 bits per heavy atom. The number of carbonyl (C=O) groups is 1. The van der Waals surface area contributed by atoms with Crippen LogP contribution in [-0.2, 0) is 4.79 Å². The molecule has 0 unspecified atom stereocenters. The van der Waals surface area contributed by atoms with E-state index in [1.165, 1.54) is 25.7 Å². The van der Waals surface area contributed by atoms with Crippen LogP contribution in [0.1, 0.15) is 60.3 Å². The first kappa shape index (κ1) is 19.8. The summed E-state index contributed by atoms with van der Waals surface area (Å²) in [5.41, 5.74) is 0.419. The first-order chi connectivity index (χ1) is 10.9. The van der Waals surface area contributed by atoms with Crippen LogP contribution in [0.3, 0.4) is 0 Å². The highest BCUT2D eigenvalue weighted by Crippen LogP contribution is 2.46. The third kappa shape index (κ3) is 7.23. The molecule has 1 rings (SSSR count). The first-order valence-electron chi connectivity index (χ1n) is 9.18. The van der Waals surface area contributed by atoms with E-state index >= 15 is 0 Å². The van der Waals surface area contributed by atoms with Crippen LogP contribution in [0.2, 0.25) is 0 Å². The Morgan fingerprint density at radius 1 is 1.09 bits per heavy atom. The molecule has 0 radical (unpaired) electrons. The Bertz CT molecular complexity index is 386.